The van der Waals surface area contributed by atoms with Crippen molar-refractivity contribution in [2.45, 2.75) is 38.3 Å². The van der Waals surface area contributed by atoms with Gasteiger partial charge in [-0.05, 0) is 36.1 Å². The second-order valence-corrected chi connectivity index (χ2v) is 8.15. The first-order valence-electron chi connectivity index (χ1n) is 10.7. The fraction of sp³-hybridized carbons (Fsp3) is 0.320. The van der Waals surface area contributed by atoms with Crippen molar-refractivity contribution in [3.8, 4) is 0 Å². The van der Waals surface area contributed by atoms with E-state index < -0.39 is 17.9 Å². The maximum Gasteiger partial charge on any atom is 0.309 e. The molecule has 0 aliphatic carbocycles. The third-order valence-corrected chi connectivity index (χ3v) is 5.47. The van der Waals surface area contributed by atoms with Gasteiger partial charge in [0.25, 0.3) is 0 Å². The molecule has 1 unspecified atom stereocenters. The number of benzene rings is 2. The number of carbonyl (C=O) groups is 3. The average Bonchev–Trinajstić information content (AvgIpc) is 2.80. The third kappa shape index (κ3) is 7.54. The molecule has 2 aromatic rings. The smallest absolute Gasteiger partial charge is 0.309 e. The van der Waals surface area contributed by atoms with Gasteiger partial charge in [-0.3, -0.25) is 14.4 Å². The summed E-state index contributed by atoms with van der Waals surface area (Å²) in [5.74, 6) is -1.37. The molecule has 2 aromatic carbocycles. The molecule has 6 nitrogen and oxygen atoms in total. The summed E-state index contributed by atoms with van der Waals surface area (Å²) in [6, 6.07) is 16.2. The first-order chi connectivity index (χ1) is 15.5. The molecular formula is C25H27ClN2O4. The van der Waals surface area contributed by atoms with Crippen LogP contribution >= 0.6 is 11.6 Å². The quantitative estimate of drug-likeness (QED) is 0.526. The molecule has 1 heterocycles. The lowest BCUT2D eigenvalue weighted by Gasteiger charge is -2.22. The average molecular weight is 455 g/mol. The number of nitrogens with one attached hydrogen (secondary N) is 2. The highest BCUT2D eigenvalue weighted by molar-refractivity contribution is 6.30. The molecule has 0 bridgehead atoms. The molecule has 2 atom stereocenters. The van der Waals surface area contributed by atoms with Gasteiger partial charge in [-0.2, -0.15) is 0 Å². The van der Waals surface area contributed by atoms with E-state index >= 15 is 0 Å². The Balaban J connectivity index is 1.62. The van der Waals surface area contributed by atoms with Crippen LogP contribution in [0.15, 0.2) is 66.7 Å². The van der Waals surface area contributed by atoms with Gasteiger partial charge >= 0.3 is 5.97 Å². The van der Waals surface area contributed by atoms with Crippen molar-refractivity contribution in [1.29, 1.82) is 0 Å². The lowest BCUT2D eigenvalue weighted by molar-refractivity contribution is -0.151. The van der Waals surface area contributed by atoms with E-state index in [1.54, 1.807) is 12.1 Å². The number of esters is 1. The predicted octanol–water partition coefficient (Wildman–Crippen LogP) is 4.10. The second kappa shape index (κ2) is 12.1. The Morgan fingerprint density at radius 3 is 2.56 bits per heavy atom. The van der Waals surface area contributed by atoms with Crippen LogP contribution in [0.5, 0.6) is 0 Å². The van der Waals surface area contributed by atoms with Crippen molar-refractivity contribution >= 4 is 29.4 Å². The zero-order valence-electron chi connectivity index (χ0n) is 17.8. The SMILES string of the molecule is O=C(C[C@@H]1CC=CCCC(=O)NC(c2ccccc2)COC1=O)NCc1ccc(Cl)cc1. The van der Waals surface area contributed by atoms with Crippen LogP contribution < -0.4 is 10.6 Å². The zero-order chi connectivity index (χ0) is 22.8. The zero-order valence-corrected chi connectivity index (χ0v) is 18.5. The first-order valence-corrected chi connectivity index (χ1v) is 11.1. The third-order valence-electron chi connectivity index (χ3n) is 5.22. The molecule has 0 spiro atoms. The fourth-order valence-corrected chi connectivity index (χ4v) is 3.54. The Morgan fingerprint density at radius 2 is 1.81 bits per heavy atom. The van der Waals surface area contributed by atoms with E-state index in [-0.39, 0.29) is 24.8 Å². The molecule has 0 saturated heterocycles. The molecule has 0 radical (unpaired) electrons. The highest BCUT2D eigenvalue weighted by Gasteiger charge is 2.25. The van der Waals surface area contributed by atoms with Crippen molar-refractivity contribution in [2.75, 3.05) is 6.61 Å². The molecular weight excluding hydrogens is 428 g/mol. The van der Waals surface area contributed by atoms with Gasteiger partial charge in [0, 0.05) is 24.4 Å². The standard InChI is InChI=1S/C25H27ClN2O4/c26-21-13-11-18(12-14-21)16-27-24(30)15-20-9-5-2-6-10-23(29)28-22(17-32-25(20)31)19-7-3-1-4-8-19/h1-5,7-8,11-14,20,22H,6,9-10,15-17H2,(H,27,30)(H,28,29)/t20-,22?/m0/s1. The summed E-state index contributed by atoms with van der Waals surface area (Å²) in [6.45, 7) is 0.372. The van der Waals surface area contributed by atoms with Crippen LogP contribution in [0.3, 0.4) is 0 Å². The second-order valence-electron chi connectivity index (χ2n) is 7.71. The Kier molecular flexibility index (Phi) is 8.87. The maximum absolute atomic E-state index is 12.8. The summed E-state index contributed by atoms with van der Waals surface area (Å²) in [5, 5.41) is 6.41. The van der Waals surface area contributed by atoms with Crippen molar-refractivity contribution in [3.05, 3.63) is 82.9 Å². The van der Waals surface area contributed by atoms with E-state index in [9.17, 15) is 14.4 Å². The minimum absolute atomic E-state index is 0.0151. The molecule has 2 N–H and O–H groups in total. The lowest BCUT2D eigenvalue weighted by atomic mass is 9.99. The van der Waals surface area contributed by atoms with Crippen molar-refractivity contribution < 1.29 is 19.1 Å². The summed E-state index contributed by atoms with van der Waals surface area (Å²) in [7, 11) is 0. The van der Waals surface area contributed by atoms with Crippen molar-refractivity contribution in [2.24, 2.45) is 5.92 Å². The van der Waals surface area contributed by atoms with E-state index in [1.807, 2.05) is 54.6 Å². The van der Waals surface area contributed by atoms with E-state index in [2.05, 4.69) is 10.6 Å². The molecule has 3 rings (SSSR count). The van der Waals surface area contributed by atoms with Crippen molar-refractivity contribution in [3.63, 3.8) is 0 Å². The molecule has 0 aromatic heterocycles. The Morgan fingerprint density at radius 1 is 1.06 bits per heavy atom. The van der Waals surface area contributed by atoms with Crippen LogP contribution in [0.1, 0.15) is 42.9 Å². The molecule has 2 amide bonds. The minimum Gasteiger partial charge on any atom is -0.463 e. The summed E-state index contributed by atoms with van der Waals surface area (Å²) in [4.78, 5) is 37.5. The molecule has 7 heteroatoms. The number of hydrogen-bond acceptors (Lipinski definition) is 4. The topological polar surface area (TPSA) is 84.5 Å². The van der Waals surface area contributed by atoms with Gasteiger partial charge in [0.2, 0.25) is 11.8 Å². The number of amides is 2. The van der Waals surface area contributed by atoms with Gasteiger partial charge in [-0.15, -0.1) is 0 Å². The number of cyclic esters (lactones) is 1. The van der Waals surface area contributed by atoms with Gasteiger partial charge in [-0.1, -0.05) is 66.2 Å². The van der Waals surface area contributed by atoms with Crippen LogP contribution in [0.4, 0.5) is 0 Å². The minimum atomic E-state index is -0.594. The molecule has 0 fully saturated rings. The molecule has 1 aliphatic rings. The molecule has 0 saturated carbocycles. The lowest BCUT2D eigenvalue weighted by Crippen LogP contribution is -2.34. The summed E-state index contributed by atoms with van der Waals surface area (Å²) in [6.07, 6.45) is 5.02. The molecule has 32 heavy (non-hydrogen) atoms. The summed E-state index contributed by atoms with van der Waals surface area (Å²) >= 11 is 5.88. The maximum atomic E-state index is 12.8. The fourth-order valence-electron chi connectivity index (χ4n) is 3.41. The van der Waals surface area contributed by atoms with E-state index in [0.717, 1.165) is 11.1 Å². The molecule has 1 aliphatic heterocycles. The van der Waals surface area contributed by atoms with Gasteiger partial charge in [0.1, 0.15) is 6.61 Å². The monoisotopic (exact) mass is 454 g/mol. The van der Waals surface area contributed by atoms with Gasteiger partial charge in [-0.25, -0.2) is 0 Å². The highest BCUT2D eigenvalue weighted by Crippen LogP contribution is 2.18. The summed E-state index contributed by atoms with van der Waals surface area (Å²) in [5.41, 5.74) is 1.78. The number of ether oxygens (including phenoxy) is 1. The Hall–Kier alpha value is -3.12. The Labute approximate surface area is 193 Å². The van der Waals surface area contributed by atoms with Crippen LogP contribution in [0, 0.1) is 5.92 Å². The summed E-state index contributed by atoms with van der Waals surface area (Å²) < 4.78 is 5.54. The van der Waals surface area contributed by atoms with Gasteiger partial charge < -0.3 is 15.4 Å². The van der Waals surface area contributed by atoms with E-state index in [0.29, 0.717) is 30.8 Å². The number of halogens is 1. The first kappa shape index (κ1) is 23.5. The predicted molar refractivity (Wildman–Crippen MR) is 123 cm³/mol. The van der Waals surface area contributed by atoms with E-state index in [4.69, 9.17) is 16.3 Å². The number of allylic oxidation sites excluding steroid dienone is 2. The molecule has 168 valence electrons. The van der Waals surface area contributed by atoms with E-state index in [1.165, 1.54) is 0 Å². The number of hydrogen-bond donors (Lipinski definition) is 2. The van der Waals surface area contributed by atoms with Gasteiger partial charge in [0.15, 0.2) is 0 Å². The Bertz CT molecular complexity index is 944. The number of carbonyl (C=O) groups excluding carboxylic acids is 3. The van der Waals surface area contributed by atoms with Gasteiger partial charge in [0.05, 0.1) is 12.0 Å². The van der Waals surface area contributed by atoms with Crippen molar-refractivity contribution in [1.82, 2.24) is 10.6 Å². The van der Waals surface area contributed by atoms with Crippen LogP contribution in [-0.4, -0.2) is 24.4 Å². The van der Waals surface area contributed by atoms with Crippen LogP contribution in [-0.2, 0) is 25.7 Å². The number of rotatable bonds is 5. The normalized spacial score (nSPS) is 19.8. The van der Waals surface area contributed by atoms with Crippen LogP contribution in [0.25, 0.3) is 0 Å². The largest absolute Gasteiger partial charge is 0.463 e. The van der Waals surface area contributed by atoms with Crippen LogP contribution in [0.2, 0.25) is 5.02 Å². The highest BCUT2D eigenvalue weighted by atomic mass is 35.5.